The van der Waals surface area contributed by atoms with E-state index in [1.54, 1.807) is 12.4 Å². The van der Waals surface area contributed by atoms with Crippen LogP contribution in [0.1, 0.15) is 16.7 Å². The van der Waals surface area contributed by atoms with Crippen molar-refractivity contribution in [2.75, 3.05) is 5.32 Å². The Balaban J connectivity index is 1.62. The van der Waals surface area contributed by atoms with Crippen molar-refractivity contribution in [2.45, 2.75) is 20.4 Å². The fourth-order valence-corrected chi connectivity index (χ4v) is 2.92. The predicted octanol–water partition coefficient (Wildman–Crippen LogP) is 4.02. The minimum Gasteiger partial charge on any atom is -0.365 e. The second-order valence-corrected chi connectivity index (χ2v) is 6.15. The molecular formula is C20H19N5. The topological polar surface area (TPSA) is 55.1 Å². The molecule has 0 atom stereocenters. The summed E-state index contributed by atoms with van der Waals surface area (Å²) in [4.78, 5) is 8.50. The van der Waals surface area contributed by atoms with Crippen molar-refractivity contribution >= 4 is 11.5 Å². The Morgan fingerprint density at radius 3 is 2.64 bits per heavy atom. The molecular weight excluding hydrogens is 310 g/mol. The van der Waals surface area contributed by atoms with Gasteiger partial charge in [0.05, 0.1) is 11.9 Å². The fraction of sp³-hybridized carbons (Fsp3) is 0.150. The third-order valence-corrected chi connectivity index (χ3v) is 4.30. The van der Waals surface area contributed by atoms with Crippen LogP contribution in [0, 0.1) is 13.8 Å². The van der Waals surface area contributed by atoms with E-state index in [1.807, 2.05) is 35.0 Å². The zero-order valence-corrected chi connectivity index (χ0v) is 14.3. The van der Waals surface area contributed by atoms with Gasteiger partial charge in [-0.05, 0) is 49.2 Å². The Labute approximate surface area is 146 Å². The quantitative estimate of drug-likeness (QED) is 0.614. The molecule has 0 aliphatic carbocycles. The van der Waals surface area contributed by atoms with Gasteiger partial charge in [0.25, 0.3) is 0 Å². The summed E-state index contributed by atoms with van der Waals surface area (Å²) in [5, 5.41) is 8.11. The highest BCUT2D eigenvalue weighted by Gasteiger charge is 2.08. The van der Waals surface area contributed by atoms with E-state index < -0.39 is 0 Å². The minimum atomic E-state index is 0.740. The van der Waals surface area contributed by atoms with E-state index >= 15 is 0 Å². The van der Waals surface area contributed by atoms with Gasteiger partial charge in [-0.1, -0.05) is 23.8 Å². The van der Waals surface area contributed by atoms with Gasteiger partial charge in [-0.3, -0.25) is 4.98 Å². The maximum absolute atomic E-state index is 4.70. The fourth-order valence-electron chi connectivity index (χ4n) is 2.92. The number of anilines is 1. The third kappa shape index (κ3) is 3.08. The highest BCUT2D eigenvalue weighted by molar-refractivity contribution is 5.63. The van der Waals surface area contributed by atoms with Gasteiger partial charge in [0, 0.05) is 24.5 Å². The van der Waals surface area contributed by atoms with Crippen LogP contribution in [0.25, 0.3) is 16.9 Å². The number of rotatable bonds is 4. The second kappa shape index (κ2) is 6.36. The summed E-state index contributed by atoms with van der Waals surface area (Å²) < 4.78 is 1.86. The molecule has 0 saturated carbocycles. The normalized spacial score (nSPS) is 11.0. The SMILES string of the molecule is Cc1ccc(CNc2ccc3ncc(-c4ccncc4)n3n2)c(C)c1. The van der Waals surface area contributed by atoms with Crippen molar-refractivity contribution < 1.29 is 0 Å². The first-order valence-electron chi connectivity index (χ1n) is 8.26. The van der Waals surface area contributed by atoms with Crippen molar-refractivity contribution in [3.8, 4) is 11.3 Å². The van der Waals surface area contributed by atoms with Crippen molar-refractivity contribution in [2.24, 2.45) is 0 Å². The Hall–Kier alpha value is -3.21. The lowest BCUT2D eigenvalue weighted by Crippen LogP contribution is -2.05. The number of nitrogens with one attached hydrogen (secondary N) is 1. The Bertz CT molecular complexity index is 1020. The van der Waals surface area contributed by atoms with Crippen molar-refractivity contribution in [3.05, 3.63) is 77.7 Å². The number of benzene rings is 1. The van der Waals surface area contributed by atoms with Crippen LogP contribution < -0.4 is 5.32 Å². The number of imidazole rings is 1. The smallest absolute Gasteiger partial charge is 0.154 e. The van der Waals surface area contributed by atoms with E-state index in [0.717, 1.165) is 29.3 Å². The maximum Gasteiger partial charge on any atom is 0.154 e. The molecule has 0 aliphatic rings. The van der Waals surface area contributed by atoms with Crippen LogP contribution in [0.15, 0.2) is 61.1 Å². The maximum atomic E-state index is 4.70. The van der Waals surface area contributed by atoms with E-state index in [-0.39, 0.29) is 0 Å². The van der Waals surface area contributed by atoms with E-state index in [2.05, 4.69) is 47.3 Å². The standard InChI is InChI=1S/C20H19N5/c1-14-3-4-17(15(2)11-14)12-22-19-5-6-20-23-13-18(25(20)24-19)16-7-9-21-10-8-16/h3-11,13H,12H2,1-2H3,(H,22,24). The number of pyridine rings is 1. The molecule has 0 unspecified atom stereocenters. The van der Waals surface area contributed by atoms with Crippen LogP contribution in [0.5, 0.6) is 0 Å². The van der Waals surface area contributed by atoms with E-state index in [1.165, 1.54) is 16.7 Å². The molecule has 0 fully saturated rings. The first-order chi connectivity index (χ1) is 12.2. The van der Waals surface area contributed by atoms with Crippen molar-refractivity contribution in [1.82, 2.24) is 19.6 Å². The summed E-state index contributed by atoms with van der Waals surface area (Å²) in [5.41, 5.74) is 6.65. The molecule has 3 heterocycles. The molecule has 0 aliphatic heterocycles. The summed E-state index contributed by atoms with van der Waals surface area (Å²) in [5.74, 6) is 0.820. The zero-order valence-electron chi connectivity index (χ0n) is 14.3. The van der Waals surface area contributed by atoms with Gasteiger partial charge in [-0.2, -0.15) is 0 Å². The van der Waals surface area contributed by atoms with Gasteiger partial charge < -0.3 is 5.32 Å². The van der Waals surface area contributed by atoms with Crippen LogP contribution in [-0.4, -0.2) is 19.6 Å². The average molecular weight is 329 g/mol. The number of hydrogen-bond acceptors (Lipinski definition) is 4. The number of aryl methyl sites for hydroxylation is 2. The summed E-state index contributed by atoms with van der Waals surface area (Å²) in [6, 6.07) is 14.4. The lowest BCUT2D eigenvalue weighted by molar-refractivity contribution is 0.929. The van der Waals surface area contributed by atoms with Crippen molar-refractivity contribution in [1.29, 1.82) is 0 Å². The molecule has 5 nitrogen and oxygen atoms in total. The first kappa shape index (κ1) is 15.3. The van der Waals surface area contributed by atoms with Crippen LogP contribution in [-0.2, 0) is 6.54 Å². The van der Waals surface area contributed by atoms with Gasteiger partial charge >= 0.3 is 0 Å². The number of nitrogens with zero attached hydrogens (tertiary/aromatic N) is 4. The van der Waals surface area contributed by atoms with Crippen LogP contribution in [0.4, 0.5) is 5.82 Å². The predicted molar refractivity (Wildman–Crippen MR) is 99.5 cm³/mol. The molecule has 0 bridgehead atoms. The molecule has 4 aromatic rings. The lowest BCUT2D eigenvalue weighted by atomic mass is 10.1. The molecule has 4 rings (SSSR count). The van der Waals surface area contributed by atoms with Crippen molar-refractivity contribution in [3.63, 3.8) is 0 Å². The van der Waals surface area contributed by atoms with Crippen LogP contribution in [0.3, 0.4) is 0 Å². The first-order valence-corrected chi connectivity index (χ1v) is 8.26. The van der Waals surface area contributed by atoms with Gasteiger partial charge in [0.15, 0.2) is 5.65 Å². The number of fused-ring (bicyclic) bond motifs is 1. The summed E-state index contributed by atoms with van der Waals surface area (Å²) in [6.45, 7) is 4.99. The molecule has 0 amide bonds. The molecule has 0 radical (unpaired) electrons. The van der Waals surface area contributed by atoms with E-state index in [4.69, 9.17) is 5.10 Å². The summed E-state index contributed by atoms with van der Waals surface area (Å²) >= 11 is 0. The highest BCUT2D eigenvalue weighted by Crippen LogP contribution is 2.20. The van der Waals surface area contributed by atoms with Gasteiger partial charge in [-0.15, -0.1) is 5.10 Å². The summed E-state index contributed by atoms with van der Waals surface area (Å²) in [7, 11) is 0. The van der Waals surface area contributed by atoms with Gasteiger partial charge in [0.2, 0.25) is 0 Å². The van der Waals surface area contributed by atoms with Gasteiger partial charge in [0.1, 0.15) is 5.82 Å². The summed E-state index contributed by atoms with van der Waals surface area (Å²) in [6.07, 6.45) is 5.39. The van der Waals surface area contributed by atoms with Gasteiger partial charge in [-0.25, -0.2) is 9.50 Å². The molecule has 3 aromatic heterocycles. The Morgan fingerprint density at radius 2 is 1.84 bits per heavy atom. The van der Waals surface area contributed by atoms with Crippen LogP contribution >= 0.6 is 0 Å². The van der Waals surface area contributed by atoms with Crippen LogP contribution in [0.2, 0.25) is 0 Å². The Kier molecular flexibility index (Phi) is 3.90. The molecule has 25 heavy (non-hydrogen) atoms. The largest absolute Gasteiger partial charge is 0.365 e. The third-order valence-electron chi connectivity index (χ3n) is 4.30. The minimum absolute atomic E-state index is 0.740. The highest BCUT2D eigenvalue weighted by atomic mass is 15.3. The molecule has 0 saturated heterocycles. The monoisotopic (exact) mass is 329 g/mol. The zero-order chi connectivity index (χ0) is 17.2. The molecule has 5 heteroatoms. The van der Waals surface area contributed by atoms with E-state index in [0.29, 0.717) is 0 Å². The molecule has 0 spiro atoms. The lowest BCUT2D eigenvalue weighted by Gasteiger charge is -2.10. The average Bonchev–Trinajstić information content (AvgIpc) is 3.05. The van der Waals surface area contributed by atoms with E-state index in [9.17, 15) is 0 Å². The Morgan fingerprint density at radius 1 is 1.00 bits per heavy atom. The number of hydrogen-bond donors (Lipinski definition) is 1. The molecule has 124 valence electrons. The number of aromatic nitrogens is 4. The molecule has 1 aromatic carbocycles. The molecule has 1 N–H and O–H groups in total. The second-order valence-electron chi connectivity index (χ2n) is 6.15.